The molecule has 2 rings (SSSR count). The first-order valence-corrected chi connectivity index (χ1v) is 9.46. The van der Waals surface area contributed by atoms with E-state index < -0.39 is 0 Å². The van der Waals surface area contributed by atoms with E-state index in [0.29, 0.717) is 22.5 Å². The molecule has 0 spiro atoms. The maximum atomic E-state index is 12.3. The van der Waals surface area contributed by atoms with Gasteiger partial charge in [0.25, 0.3) is 0 Å². The second-order valence-electron chi connectivity index (χ2n) is 7.53. The highest BCUT2D eigenvalue weighted by atomic mass is 35.5. The Balaban J connectivity index is 2.21. The molecule has 0 N–H and O–H groups in total. The number of nitriles is 1. The van der Waals surface area contributed by atoms with Gasteiger partial charge in [0, 0.05) is 37.3 Å². The van der Waals surface area contributed by atoms with E-state index in [2.05, 4.69) is 24.8 Å². The van der Waals surface area contributed by atoms with Crippen LogP contribution in [0.5, 0.6) is 0 Å². The molecule has 5 heteroatoms. The summed E-state index contributed by atoms with van der Waals surface area (Å²) in [4.78, 5) is 16.6. The summed E-state index contributed by atoms with van der Waals surface area (Å²) >= 11 is 6.25. The second kappa shape index (κ2) is 8.58. The summed E-state index contributed by atoms with van der Waals surface area (Å²) in [6.45, 7) is 10.8. The second-order valence-corrected chi connectivity index (χ2v) is 7.94. The van der Waals surface area contributed by atoms with E-state index >= 15 is 0 Å². The molecule has 1 saturated heterocycles. The number of amides is 1. The lowest BCUT2D eigenvalue weighted by molar-refractivity contribution is -0.133. The van der Waals surface area contributed by atoms with Crippen LogP contribution in [0.15, 0.2) is 18.2 Å². The maximum Gasteiger partial charge on any atom is 0.225 e. The highest BCUT2D eigenvalue weighted by Crippen LogP contribution is 2.28. The quantitative estimate of drug-likeness (QED) is 0.758. The van der Waals surface area contributed by atoms with Gasteiger partial charge in [-0.05, 0) is 37.0 Å². The summed E-state index contributed by atoms with van der Waals surface area (Å²) in [7, 11) is 0. The van der Waals surface area contributed by atoms with Gasteiger partial charge < -0.3 is 9.80 Å². The summed E-state index contributed by atoms with van der Waals surface area (Å²) in [6.07, 6.45) is 2.04. The third-order valence-corrected chi connectivity index (χ3v) is 5.07. The molecule has 1 aliphatic rings. The molecule has 0 radical (unpaired) electrons. The van der Waals surface area contributed by atoms with E-state index in [1.807, 2.05) is 30.9 Å². The van der Waals surface area contributed by atoms with Crippen LogP contribution in [0.4, 0.5) is 5.69 Å². The predicted molar refractivity (Wildman–Crippen MR) is 103 cm³/mol. The fraction of sp³-hybridized carbons (Fsp3) is 0.600. The van der Waals surface area contributed by atoms with Crippen molar-refractivity contribution in [1.29, 1.82) is 5.26 Å². The molecule has 25 heavy (non-hydrogen) atoms. The zero-order valence-electron chi connectivity index (χ0n) is 15.6. The average molecular weight is 362 g/mol. The molecule has 0 aliphatic carbocycles. The standard InChI is InChI=1S/C20H28ClN3O/c1-14(2)7-10-24(17-6-5-16(12-22)19(21)11-17)18-8-9-23(13-18)20(25)15(3)4/h5-6,11,14-15,18H,7-10,13H2,1-4H3. The number of carbonyl (C=O) groups is 1. The molecule has 1 fully saturated rings. The lowest BCUT2D eigenvalue weighted by atomic mass is 10.1. The molecule has 1 aromatic carbocycles. The Hall–Kier alpha value is -1.73. The molecule has 136 valence electrons. The summed E-state index contributed by atoms with van der Waals surface area (Å²) < 4.78 is 0. The van der Waals surface area contributed by atoms with Crippen molar-refractivity contribution in [1.82, 2.24) is 4.90 Å². The Kier molecular flexibility index (Phi) is 6.72. The zero-order valence-corrected chi connectivity index (χ0v) is 16.4. The molecule has 0 aromatic heterocycles. The van der Waals surface area contributed by atoms with E-state index in [4.69, 9.17) is 16.9 Å². The first-order valence-electron chi connectivity index (χ1n) is 9.08. The van der Waals surface area contributed by atoms with Crippen LogP contribution in [0.25, 0.3) is 0 Å². The molecule has 1 heterocycles. The van der Waals surface area contributed by atoms with Gasteiger partial charge in [0.05, 0.1) is 10.6 Å². The van der Waals surface area contributed by atoms with E-state index in [-0.39, 0.29) is 11.8 Å². The number of benzene rings is 1. The Labute approximate surface area is 156 Å². The lowest BCUT2D eigenvalue weighted by Gasteiger charge is -2.32. The van der Waals surface area contributed by atoms with E-state index in [9.17, 15) is 4.79 Å². The van der Waals surface area contributed by atoms with Crippen molar-refractivity contribution in [3.8, 4) is 6.07 Å². The van der Waals surface area contributed by atoms with Gasteiger partial charge in [-0.1, -0.05) is 39.3 Å². The minimum atomic E-state index is 0.0345. The smallest absolute Gasteiger partial charge is 0.225 e. The van der Waals surface area contributed by atoms with E-state index in [1.165, 1.54) is 0 Å². The average Bonchev–Trinajstić information content (AvgIpc) is 3.03. The van der Waals surface area contributed by atoms with Gasteiger partial charge in [-0.15, -0.1) is 0 Å². The minimum absolute atomic E-state index is 0.0345. The zero-order chi connectivity index (χ0) is 18.6. The molecule has 1 amide bonds. The Morgan fingerprint density at radius 1 is 1.40 bits per heavy atom. The highest BCUT2D eigenvalue weighted by Gasteiger charge is 2.31. The number of halogens is 1. The van der Waals surface area contributed by atoms with Crippen molar-refractivity contribution in [2.75, 3.05) is 24.5 Å². The summed E-state index contributed by atoms with van der Waals surface area (Å²) in [6, 6.07) is 8.04. The van der Waals surface area contributed by atoms with Crippen LogP contribution in [0.1, 0.15) is 46.1 Å². The number of hydrogen-bond donors (Lipinski definition) is 0. The molecule has 1 unspecified atom stereocenters. The van der Waals surface area contributed by atoms with Gasteiger partial charge >= 0.3 is 0 Å². The van der Waals surface area contributed by atoms with Crippen LogP contribution in [0.3, 0.4) is 0 Å². The predicted octanol–water partition coefficient (Wildman–Crippen LogP) is 4.32. The third kappa shape index (κ3) is 4.89. The topological polar surface area (TPSA) is 47.3 Å². The van der Waals surface area contributed by atoms with Crippen molar-refractivity contribution in [3.63, 3.8) is 0 Å². The molecule has 1 aromatic rings. The molecule has 1 aliphatic heterocycles. The van der Waals surface area contributed by atoms with Crippen molar-refractivity contribution in [3.05, 3.63) is 28.8 Å². The van der Waals surface area contributed by atoms with Gasteiger partial charge in [-0.25, -0.2) is 0 Å². The molecule has 0 saturated carbocycles. The first-order chi connectivity index (χ1) is 11.8. The maximum absolute atomic E-state index is 12.3. The minimum Gasteiger partial charge on any atom is -0.367 e. The van der Waals surface area contributed by atoms with Gasteiger partial charge in [0.2, 0.25) is 5.91 Å². The fourth-order valence-corrected chi connectivity index (χ4v) is 3.47. The first kappa shape index (κ1) is 19.6. The molecule has 4 nitrogen and oxygen atoms in total. The normalized spacial score (nSPS) is 17.2. The number of carbonyl (C=O) groups excluding carboxylic acids is 1. The highest BCUT2D eigenvalue weighted by molar-refractivity contribution is 6.32. The Morgan fingerprint density at radius 2 is 2.12 bits per heavy atom. The van der Waals surface area contributed by atoms with Crippen LogP contribution in [-0.4, -0.2) is 36.5 Å². The van der Waals surface area contributed by atoms with Crippen LogP contribution in [-0.2, 0) is 4.79 Å². The van der Waals surface area contributed by atoms with Crippen molar-refractivity contribution < 1.29 is 4.79 Å². The number of hydrogen-bond acceptors (Lipinski definition) is 3. The lowest BCUT2D eigenvalue weighted by Crippen LogP contribution is -2.40. The van der Waals surface area contributed by atoms with Crippen LogP contribution in [0, 0.1) is 23.2 Å². The number of anilines is 1. The number of rotatable bonds is 6. The van der Waals surface area contributed by atoms with E-state index in [0.717, 1.165) is 38.2 Å². The van der Waals surface area contributed by atoms with Gasteiger partial charge in [0.15, 0.2) is 0 Å². The number of likely N-dealkylation sites (tertiary alicyclic amines) is 1. The molecular formula is C20H28ClN3O. The third-order valence-electron chi connectivity index (χ3n) is 4.76. The van der Waals surface area contributed by atoms with Gasteiger partial charge in [0.1, 0.15) is 6.07 Å². The SMILES string of the molecule is CC(C)CCN(c1ccc(C#N)c(Cl)c1)C1CCN(C(=O)C(C)C)C1. The number of nitrogens with zero attached hydrogens (tertiary/aromatic N) is 3. The van der Waals surface area contributed by atoms with Crippen LogP contribution in [0.2, 0.25) is 5.02 Å². The summed E-state index contributed by atoms with van der Waals surface area (Å²) in [5.74, 6) is 0.863. The van der Waals surface area contributed by atoms with Gasteiger partial charge in [-0.3, -0.25) is 4.79 Å². The van der Waals surface area contributed by atoms with Crippen LogP contribution >= 0.6 is 11.6 Å². The van der Waals surface area contributed by atoms with E-state index in [1.54, 1.807) is 6.07 Å². The Bertz CT molecular complexity index is 651. The summed E-state index contributed by atoms with van der Waals surface area (Å²) in [5.41, 5.74) is 1.53. The largest absolute Gasteiger partial charge is 0.367 e. The summed E-state index contributed by atoms with van der Waals surface area (Å²) in [5, 5.41) is 9.58. The molecule has 1 atom stereocenters. The Morgan fingerprint density at radius 3 is 2.68 bits per heavy atom. The van der Waals surface area contributed by atoms with Crippen molar-refractivity contribution in [2.45, 2.75) is 46.6 Å². The van der Waals surface area contributed by atoms with Crippen molar-refractivity contribution in [2.24, 2.45) is 11.8 Å². The molecular weight excluding hydrogens is 334 g/mol. The van der Waals surface area contributed by atoms with Crippen LogP contribution < -0.4 is 4.90 Å². The monoisotopic (exact) mass is 361 g/mol. The van der Waals surface area contributed by atoms with Gasteiger partial charge in [-0.2, -0.15) is 5.26 Å². The molecule has 0 bridgehead atoms. The van der Waals surface area contributed by atoms with Crippen molar-refractivity contribution >= 4 is 23.2 Å². The fourth-order valence-electron chi connectivity index (χ4n) is 3.25.